The maximum atomic E-state index is 12.9. The molecule has 0 radical (unpaired) electrons. The normalized spacial score (nSPS) is 14.2. The van der Waals surface area contributed by atoms with Gasteiger partial charge < -0.3 is 4.55 Å². The molecule has 0 rings (SSSR count). The summed E-state index contributed by atoms with van der Waals surface area (Å²) >= 11 is 0. The summed E-state index contributed by atoms with van der Waals surface area (Å²) in [6, 6.07) is 0. The average Bonchev–Trinajstić information content (AvgIpc) is 2.15. The quantitative estimate of drug-likeness (QED) is 0.355. The molecule has 0 aromatic heterocycles. The van der Waals surface area contributed by atoms with E-state index in [1.54, 1.807) is 0 Å². The van der Waals surface area contributed by atoms with Crippen molar-refractivity contribution in [2.75, 3.05) is 0 Å². The summed E-state index contributed by atoms with van der Waals surface area (Å²) in [4.78, 5) is 0. The molecule has 0 saturated carbocycles. The standard InChI is InChI=1S/C9H17F3O3S.K/c1-2-3-4-5-6-7-8(10)9(11,12)16(13,14)15;/h8H,2-7H2,1H3,(H,13,14,15);/q;+1/p-1. The van der Waals surface area contributed by atoms with E-state index in [9.17, 15) is 26.1 Å². The van der Waals surface area contributed by atoms with Crippen molar-refractivity contribution in [3.63, 3.8) is 0 Å². The van der Waals surface area contributed by atoms with Crippen LogP contribution in [0.25, 0.3) is 0 Å². The second kappa shape index (κ2) is 9.27. The summed E-state index contributed by atoms with van der Waals surface area (Å²) in [5.41, 5.74) is 0. The first-order valence-corrected chi connectivity index (χ1v) is 6.61. The van der Waals surface area contributed by atoms with Gasteiger partial charge in [-0.1, -0.05) is 39.0 Å². The van der Waals surface area contributed by atoms with Crippen LogP contribution in [-0.4, -0.2) is 24.4 Å². The van der Waals surface area contributed by atoms with Gasteiger partial charge in [-0.05, 0) is 6.42 Å². The molecule has 0 aromatic carbocycles. The van der Waals surface area contributed by atoms with Crippen molar-refractivity contribution in [2.24, 2.45) is 0 Å². The van der Waals surface area contributed by atoms with E-state index >= 15 is 0 Å². The van der Waals surface area contributed by atoms with Gasteiger partial charge in [0.25, 0.3) is 0 Å². The Morgan fingerprint density at radius 3 is 2.06 bits per heavy atom. The Morgan fingerprint density at radius 1 is 1.18 bits per heavy atom. The zero-order valence-electron chi connectivity index (χ0n) is 10.1. The zero-order valence-corrected chi connectivity index (χ0v) is 14.0. The van der Waals surface area contributed by atoms with Crippen LogP contribution in [0.2, 0.25) is 0 Å². The minimum atomic E-state index is -5.91. The molecule has 0 amide bonds. The minimum Gasteiger partial charge on any atom is -0.743 e. The van der Waals surface area contributed by atoms with E-state index < -0.39 is 28.0 Å². The first-order chi connectivity index (χ1) is 7.23. The predicted molar refractivity (Wildman–Crippen MR) is 52.9 cm³/mol. The second-order valence-electron chi connectivity index (χ2n) is 3.69. The van der Waals surface area contributed by atoms with Crippen molar-refractivity contribution in [1.29, 1.82) is 0 Å². The predicted octanol–water partition coefficient (Wildman–Crippen LogP) is -0.173. The molecule has 0 heterocycles. The number of unbranched alkanes of at least 4 members (excludes halogenated alkanes) is 4. The van der Waals surface area contributed by atoms with Gasteiger partial charge in [0, 0.05) is 0 Å². The largest absolute Gasteiger partial charge is 1.00 e. The molecule has 0 bridgehead atoms. The molecule has 1 unspecified atom stereocenters. The van der Waals surface area contributed by atoms with Crippen molar-refractivity contribution in [1.82, 2.24) is 0 Å². The van der Waals surface area contributed by atoms with Crippen LogP contribution in [0.3, 0.4) is 0 Å². The summed E-state index contributed by atoms with van der Waals surface area (Å²) in [5, 5.41) is -4.81. The van der Waals surface area contributed by atoms with Gasteiger partial charge in [-0.15, -0.1) is 0 Å². The summed E-state index contributed by atoms with van der Waals surface area (Å²) in [7, 11) is -5.91. The number of hydrogen-bond donors (Lipinski definition) is 0. The van der Waals surface area contributed by atoms with Gasteiger partial charge >= 0.3 is 56.6 Å². The van der Waals surface area contributed by atoms with Gasteiger partial charge in [-0.2, -0.15) is 8.78 Å². The third kappa shape index (κ3) is 7.49. The van der Waals surface area contributed by atoms with Crippen LogP contribution in [0.15, 0.2) is 0 Å². The smallest absolute Gasteiger partial charge is 0.743 e. The SMILES string of the molecule is CCCCCCCC(F)C(F)(F)S(=O)(=O)[O-].[K+]. The summed E-state index contributed by atoms with van der Waals surface area (Å²) in [6.07, 6.45) is -0.110. The van der Waals surface area contributed by atoms with Crippen molar-refractivity contribution >= 4 is 10.1 Å². The number of halogens is 3. The first-order valence-electron chi connectivity index (χ1n) is 5.20. The summed E-state index contributed by atoms with van der Waals surface area (Å²) in [6.45, 7) is 1.97. The third-order valence-corrected chi connectivity index (χ3v) is 3.18. The monoisotopic (exact) mass is 300 g/mol. The van der Waals surface area contributed by atoms with Gasteiger partial charge in [0.05, 0.1) is 0 Å². The van der Waals surface area contributed by atoms with E-state index in [1.807, 2.05) is 6.92 Å². The molecule has 8 heteroatoms. The molecular weight excluding hydrogens is 284 g/mol. The Kier molecular flexibility index (Phi) is 11.3. The van der Waals surface area contributed by atoms with Gasteiger partial charge in [0.2, 0.25) is 0 Å². The molecule has 0 aliphatic carbocycles. The molecule has 98 valence electrons. The van der Waals surface area contributed by atoms with E-state index in [1.165, 1.54) is 0 Å². The fourth-order valence-corrected chi connectivity index (χ4v) is 1.68. The van der Waals surface area contributed by atoms with E-state index in [0.717, 1.165) is 19.3 Å². The van der Waals surface area contributed by atoms with E-state index in [4.69, 9.17) is 0 Å². The van der Waals surface area contributed by atoms with Gasteiger partial charge in [-0.3, -0.25) is 0 Å². The molecule has 0 N–H and O–H groups in total. The topological polar surface area (TPSA) is 57.2 Å². The first kappa shape index (κ1) is 20.6. The Labute approximate surface area is 143 Å². The molecule has 0 spiro atoms. The number of hydrogen-bond acceptors (Lipinski definition) is 3. The van der Waals surface area contributed by atoms with Crippen LogP contribution >= 0.6 is 0 Å². The van der Waals surface area contributed by atoms with Crippen molar-refractivity contribution < 1.29 is 77.5 Å². The van der Waals surface area contributed by atoms with E-state index in [2.05, 4.69) is 0 Å². The van der Waals surface area contributed by atoms with Crippen molar-refractivity contribution in [2.45, 2.75) is 56.9 Å². The van der Waals surface area contributed by atoms with Crippen molar-refractivity contribution in [3.05, 3.63) is 0 Å². The maximum Gasteiger partial charge on any atom is 1.00 e. The van der Waals surface area contributed by atoms with E-state index in [0.29, 0.717) is 6.42 Å². The fourth-order valence-electron chi connectivity index (χ4n) is 1.25. The average molecular weight is 300 g/mol. The molecule has 0 saturated heterocycles. The molecule has 0 aliphatic heterocycles. The second-order valence-corrected chi connectivity index (χ2v) is 5.14. The van der Waals surface area contributed by atoms with Crippen LogP contribution in [0.4, 0.5) is 13.2 Å². The van der Waals surface area contributed by atoms with Crippen LogP contribution in [-0.2, 0) is 10.1 Å². The molecule has 17 heavy (non-hydrogen) atoms. The molecule has 0 fully saturated rings. The van der Waals surface area contributed by atoms with Gasteiger partial charge in [-0.25, -0.2) is 12.8 Å². The summed E-state index contributed by atoms with van der Waals surface area (Å²) in [5.74, 6) is 0. The van der Waals surface area contributed by atoms with Gasteiger partial charge in [0.15, 0.2) is 16.3 Å². The molecule has 1 atom stereocenters. The molecular formula is C9H16F3KO3S. The van der Waals surface area contributed by atoms with Gasteiger partial charge in [0.1, 0.15) is 0 Å². The molecule has 0 aliphatic rings. The van der Waals surface area contributed by atoms with Crippen LogP contribution in [0.1, 0.15) is 45.4 Å². The number of alkyl halides is 3. The zero-order chi connectivity index (χ0) is 12.8. The Morgan fingerprint density at radius 2 is 1.65 bits per heavy atom. The molecule has 0 aromatic rings. The Bertz CT molecular complexity index is 296. The van der Waals surface area contributed by atoms with E-state index in [-0.39, 0.29) is 57.8 Å². The minimum absolute atomic E-state index is 0. The van der Waals surface area contributed by atoms with Crippen LogP contribution in [0.5, 0.6) is 0 Å². The van der Waals surface area contributed by atoms with Crippen LogP contribution in [0, 0.1) is 0 Å². The fraction of sp³-hybridized carbons (Fsp3) is 1.00. The Balaban J connectivity index is 0. The maximum absolute atomic E-state index is 12.9. The number of rotatable bonds is 8. The van der Waals surface area contributed by atoms with Crippen molar-refractivity contribution in [3.8, 4) is 0 Å². The Hall–Kier alpha value is 1.34. The molecule has 3 nitrogen and oxygen atoms in total. The third-order valence-electron chi connectivity index (χ3n) is 2.26. The van der Waals surface area contributed by atoms with Crippen LogP contribution < -0.4 is 51.4 Å². The summed E-state index contributed by atoms with van der Waals surface area (Å²) < 4.78 is 68.4.